The lowest BCUT2D eigenvalue weighted by Gasteiger charge is -2.06. The average Bonchev–Trinajstić information content (AvgIpc) is 1.85. The molecule has 0 saturated carbocycles. The first kappa shape index (κ1) is 8.18. The third-order valence-corrected chi connectivity index (χ3v) is 2.03. The molecule has 1 N–H and O–H groups in total. The van der Waals surface area contributed by atoms with E-state index in [1.54, 1.807) is 0 Å². The van der Waals surface area contributed by atoms with Crippen LogP contribution in [0.2, 0.25) is 6.82 Å². The van der Waals surface area contributed by atoms with Gasteiger partial charge in [0, 0.05) is 0 Å². The lowest BCUT2D eigenvalue weighted by molar-refractivity contribution is 0.474. The predicted octanol–water partition coefficient (Wildman–Crippen LogP) is 1.12. The van der Waals surface area contributed by atoms with Crippen LogP contribution in [-0.4, -0.2) is 12.4 Å². The molecule has 0 unspecified atom stereocenters. The molecular weight excluding hydrogens is 135 g/mol. The Labute approximate surface area is 68.3 Å². The second-order valence-electron chi connectivity index (χ2n) is 2.91. The van der Waals surface area contributed by atoms with Gasteiger partial charge in [-0.3, -0.25) is 0 Å². The van der Waals surface area contributed by atoms with Crippen LogP contribution in [0.1, 0.15) is 11.1 Å². The second kappa shape index (κ2) is 2.99. The van der Waals surface area contributed by atoms with Gasteiger partial charge in [0.1, 0.15) is 5.75 Å². The molecular formula is C9H13BO. The molecule has 0 spiro atoms. The number of rotatable bonds is 1. The van der Waals surface area contributed by atoms with Crippen LogP contribution in [0.4, 0.5) is 0 Å². The van der Waals surface area contributed by atoms with Gasteiger partial charge in [-0.1, -0.05) is 23.4 Å². The minimum absolute atomic E-state index is 0.372. The smallest absolute Gasteiger partial charge is 0.155 e. The van der Waals surface area contributed by atoms with Gasteiger partial charge in [-0.2, -0.15) is 0 Å². The predicted molar refractivity (Wildman–Crippen MR) is 50.2 cm³/mol. The lowest BCUT2D eigenvalue weighted by Crippen LogP contribution is -2.17. The van der Waals surface area contributed by atoms with Crippen LogP contribution in [-0.2, 0) is 0 Å². The van der Waals surface area contributed by atoms with Crippen molar-refractivity contribution in [2.45, 2.75) is 20.7 Å². The fourth-order valence-electron chi connectivity index (χ4n) is 1.53. The van der Waals surface area contributed by atoms with Gasteiger partial charge < -0.3 is 5.11 Å². The Kier molecular flexibility index (Phi) is 2.23. The van der Waals surface area contributed by atoms with Crippen LogP contribution in [0.25, 0.3) is 0 Å². The summed E-state index contributed by atoms with van der Waals surface area (Å²) in [6.07, 6.45) is 0. The highest BCUT2D eigenvalue weighted by molar-refractivity contribution is 6.53. The molecule has 0 bridgehead atoms. The maximum Gasteiger partial charge on any atom is 0.155 e. The Balaban J connectivity index is 3.25. The number of hydrogen-bond donors (Lipinski definition) is 1. The molecule has 0 aliphatic rings. The first-order valence-corrected chi connectivity index (χ1v) is 3.94. The molecule has 2 heteroatoms. The summed E-state index contributed by atoms with van der Waals surface area (Å²) in [4.78, 5) is 0. The molecule has 0 aliphatic carbocycles. The number of aromatic hydroxyl groups is 1. The number of benzene rings is 1. The van der Waals surface area contributed by atoms with E-state index in [4.69, 9.17) is 0 Å². The van der Waals surface area contributed by atoms with Crippen molar-refractivity contribution in [3.05, 3.63) is 23.3 Å². The molecule has 1 aromatic carbocycles. The number of aryl methyl sites for hydroxylation is 2. The summed E-state index contributed by atoms with van der Waals surface area (Å²) in [6.45, 7) is 6.20. The third kappa shape index (κ3) is 1.56. The summed E-state index contributed by atoms with van der Waals surface area (Å²) >= 11 is 0. The van der Waals surface area contributed by atoms with E-state index in [2.05, 4.69) is 6.82 Å². The Morgan fingerprint density at radius 1 is 1.18 bits per heavy atom. The Morgan fingerprint density at radius 3 is 2.00 bits per heavy atom. The van der Waals surface area contributed by atoms with E-state index in [0.29, 0.717) is 5.75 Å². The van der Waals surface area contributed by atoms with Gasteiger partial charge in [0.05, 0.1) is 0 Å². The molecule has 11 heavy (non-hydrogen) atoms. The van der Waals surface area contributed by atoms with E-state index in [-0.39, 0.29) is 0 Å². The fourth-order valence-corrected chi connectivity index (χ4v) is 1.53. The fraction of sp³-hybridized carbons (Fsp3) is 0.333. The molecule has 1 aromatic rings. The van der Waals surface area contributed by atoms with Gasteiger partial charge in [0.2, 0.25) is 0 Å². The zero-order valence-corrected chi connectivity index (χ0v) is 7.31. The largest absolute Gasteiger partial charge is 0.508 e. The van der Waals surface area contributed by atoms with Crippen LogP contribution in [0.3, 0.4) is 0 Å². The van der Waals surface area contributed by atoms with Gasteiger partial charge in [-0.15, -0.1) is 0 Å². The van der Waals surface area contributed by atoms with E-state index in [1.165, 1.54) is 16.6 Å². The van der Waals surface area contributed by atoms with Crippen molar-refractivity contribution >= 4 is 12.7 Å². The Morgan fingerprint density at radius 2 is 1.64 bits per heavy atom. The minimum Gasteiger partial charge on any atom is -0.508 e. The monoisotopic (exact) mass is 148 g/mol. The van der Waals surface area contributed by atoms with Crippen molar-refractivity contribution in [3.63, 3.8) is 0 Å². The Hall–Kier alpha value is -0.915. The first-order valence-electron chi connectivity index (χ1n) is 3.94. The minimum atomic E-state index is 0.372. The van der Waals surface area contributed by atoms with Crippen LogP contribution < -0.4 is 5.46 Å². The van der Waals surface area contributed by atoms with Crippen molar-refractivity contribution in [3.8, 4) is 5.75 Å². The van der Waals surface area contributed by atoms with Crippen LogP contribution >= 0.6 is 0 Å². The molecule has 0 radical (unpaired) electrons. The summed E-state index contributed by atoms with van der Waals surface area (Å²) in [7, 11) is 1.04. The van der Waals surface area contributed by atoms with E-state index in [9.17, 15) is 5.11 Å². The molecule has 0 aliphatic heterocycles. The van der Waals surface area contributed by atoms with Crippen LogP contribution in [0.5, 0.6) is 5.75 Å². The molecule has 1 rings (SSSR count). The summed E-state index contributed by atoms with van der Waals surface area (Å²) < 4.78 is 0. The summed E-state index contributed by atoms with van der Waals surface area (Å²) in [5, 5.41) is 9.21. The average molecular weight is 148 g/mol. The molecule has 0 fully saturated rings. The lowest BCUT2D eigenvalue weighted by atomic mass is 9.69. The van der Waals surface area contributed by atoms with Crippen molar-refractivity contribution in [1.82, 2.24) is 0 Å². The normalized spacial score (nSPS) is 9.73. The number of phenols is 1. The van der Waals surface area contributed by atoms with Gasteiger partial charge in [0.15, 0.2) is 7.28 Å². The van der Waals surface area contributed by atoms with Crippen molar-refractivity contribution in [2.75, 3.05) is 0 Å². The van der Waals surface area contributed by atoms with E-state index in [0.717, 1.165) is 7.28 Å². The standard InChI is InChI=1S/C9H13BO/c1-6-4-8(11)5-7(2)9(6)10-3/h4-5,10-11H,1-3H3. The SMILES string of the molecule is CBc1c(C)cc(O)cc1C. The molecule has 0 amide bonds. The molecule has 0 saturated heterocycles. The van der Waals surface area contributed by atoms with Gasteiger partial charge >= 0.3 is 0 Å². The van der Waals surface area contributed by atoms with E-state index in [1.807, 2.05) is 26.0 Å². The van der Waals surface area contributed by atoms with Crippen molar-refractivity contribution in [1.29, 1.82) is 0 Å². The van der Waals surface area contributed by atoms with E-state index >= 15 is 0 Å². The third-order valence-electron chi connectivity index (χ3n) is 2.03. The molecule has 1 nitrogen and oxygen atoms in total. The van der Waals surface area contributed by atoms with Crippen molar-refractivity contribution < 1.29 is 5.11 Å². The number of hydrogen-bond acceptors (Lipinski definition) is 1. The molecule has 58 valence electrons. The first-order chi connectivity index (χ1) is 5.15. The highest BCUT2D eigenvalue weighted by Crippen LogP contribution is 2.11. The summed E-state index contributed by atoms with van der Waals surface area (Å²) in [6, 6.07) is 3.62. The van der Waals surface area contributed by atoms with E-state index < -0.39 is 0 Å². The van der Waals surface area contributed by atoms with Gasteiger partial charge in [-0.05, 0) is 26.0 Å². The zero-order valence-electron chi connectivity index (χ0n) is 7.31. The maximum absolute atomic E-state index is 9.21. The number of phenolic OH excluding ortho intramolecular Hbond substituents is 1. The highest BCUT2D eigenvalue weighted by atomic mass is 16.3. The Bertz CT molecular complexity index is 245. The molecule has 0 atom stereocenters. The van der Waals surface area contributed by atoms with Gasteiger partial charge in [-0.25, -0.2) is 0 Å². The topological polar surface area (TPSA) is 20.2 Å². The van der Waals surface area contributed by atoms with Crippen LogP contribution in [0.15, 0.2) is 12.1 Å². The highest BCUT2D eigenvalue weighted by Gasteiger charge is 2.01. The van der Waals surface area contributed by atoms with Crippen LogP contribution in [0, 0.1) is 13.8 Å². The summed E-state index contributed by atoms with van der Waals surface area (Å²) in [5.74, 6) is 0.372. The molecule has 0 heterocycles. The summed E-state index contributed by atoms with van der Waals surface area (Å²) in [5.41, 5.74) is 3.72. The van der Waals surface area contributed by atoms with Crippen molar-refractivity contribution in [2.24, 2.45) is 0 Å². The van der Waals surface area contributed by atoms with Gasteiger partial charge in [0.25, 0.3) is 0 Å². The second-order valence-corrected chi connectivity index (χ2v) is 2.91. The quantitative estimate of drug-likeness (QED) is 0.591. The molecule has 0 aromatic heterocycles. The zero-order chi connectivity index (χ0) is 8.43. The maximum atomic E-state index is 9.21.